The predicted octanol–water partition coefficient (Wildman–Crippen LogP) is 1.29. The van der Waals surface area contributed by atoms with Crippen molar-refractivity contribution in [3.8, 4) is 0 Å². The van der Waals surface area contributed by atoms with Crippen molar-refractivity contribution < 1.29 is 14.4 Å². The van der Waals surface area contributed by atoms with E-state index in [4.69, 9.17) is 15.5 Å². The van der Waals surface area contributed by atoms with Gasteiger partial charge in [-0.05, 0) is 5.56 Å². The Morgan fingerprint density at radius 3 is 2.21 bits per heavy atom. The highest BCUT2D eigenvalue weighted by Crippen LogP contribution is 2.38. The van der Waals surface area contributed by atoms with Crippen molar-refractivity contribution in [3.63, 3.8) is 0 Å². The smallest absolute Gasteiger partial charge is 0.324 e. The van der Waals surface area contributed by atoms with E-state index in [-0.39, 0.29) is 18.6 Å². The van der Waals surface area contributed by atoms with E-state index in [0.717, 1.165) is 5.56 Å². The van der Waals surface area contributed by atoms with Gasteiger partial charge in [0.25, 0.3) is 0 Å². The number of hydrogen-bond donors (Lipinski definition) is 3. The van der Waals surface area contributed by atoms with Crippen LogP contribution in [0.2, 0.25) is 0 Å². The molecule has 0 aliphatic carbocycles. The zero-order chi connectivity index (χ0) is 9.90. The van der Waals surface area contributed by atoms with Gasteiger partial charge in [-0.25, -0.2) is 0 Å². The largest absolute Gasteiger partial charge is 0.327 e. The summed E-state index contributed by atoms with van der Waals surface area (Å²) in [4.78, 5) is 17.4. The summed E-state index contributed by atoms with van der Waals surface area (Å²) in [6.07, 6.45) is -0.309. The highest BCUT2D eigenvalue weighted by molar-refractivity contribution is 7.51. The molecule has 1 rings (SSSR count). The molecule has 4 N–H and O–H groups in total. The topological polar surface area (TPSA) is 83.6 Å². The minimum atomic E-state index is -4.01. The molecule has 0 bridgehead atoms. The number of hydrogen-bond acceptors (Lipinski definition) is 2. The fraction of sp³-hybridized carbons (Fsp3) is 0.250. The van der Waals surface area contributed by atoms with E-state index in [1.807, 2.05) is 6.07 Å². The van der Waals surface area contributed by atoms with Gasteiger partial charge in [0, 0.05) is 6.04 Å². The van der Waals surface area contributed by atoms with Crippen molar-refractivity contribution >= 4 is 20.0 Å². The van der Waals surface area contributed by atoms with Gasteiger partial charge in [0.2, 0.25) is 0 Å². The van der Waals surface area contributed by atoms with Crippen LogP contribution in [0.25, 0.3) is 0 Å². The molecule has 0 spiro atoms. The second-order valence-electron chi connectivity index (χ2n) is 2.86. The lowest BCUT2D eigenvalue weighted by Crippen LogP contribution is -2.14. The summed E-state index contributed by atoms with van der Waals surface area (Å²) in [5.41, 5.74) is 6.33. The van der Waals surface area contributed by atoms with Crippen molar-refractivity contribution in [3.05, 3.63) is 35.9 Å². The molecular formula is C8H13ClNO3P. The third-order valence-electron chi connectivity index (χ3n) is 1.66. The standard InChI is InChI=1S/C8H12NO3P.ClH/c9-8(6-13(10,11)12)7-4-2-1-3-5-7;/h1-5,8H,6,9H2,(H2,10,11,12);1H/t8-;/m0./s1. The maximum Gasteiger partial charge on any atom is 0.327 e. The van der Waals surface area contributed by atoms with E-state index in [9.17, 15) is 4.57 Å². The monoisotopic (exact) mass is 237 g/mol. The average Bonchev–Trinajstić information content (AvgIpc) is 2.03. The molecule has 0 aliphatic rings. The Kier molecular flexibility index (Phi) is 5.34. The molecule has 1 aromatic carbocycles. The molecule has 1 aromatic rings. The first-order chi connectivity index (χ1) is 5.99. The summed E-state index contributed by atoms with van der Waals surface area (Å²) in [5.74, 6) is 0. The lowest BCUT2D eigenvalue weighted by Gasteiger charge is -2.12. The Labute approximate surface area is 88.7 Å². The van der Waals surface area contributed by atoms with Crippen molar-refractivity contribution in [2.45, 2.75) is 6.04 Å². The van der Waals surface area contributed by atoms with E-state index < -0.39 is 13.6 Å². The van der Waals surface area contributed by atoms with E-state index in [1.54, 1.807) is 24.3 Å². The predicted molar refractivity (Wildman–Crippen MR) is 57.5 cm³/mol. The molecule has 0 heterocycles. The van der Waals surface area contributed by atoms with Gasteiger partial charge in [-0.2, -0.15) is 0 Å². The summed E-state index contributed by atoms with van der Waals surface area (Å²) in [6, 6.07) is 8.31. The minimum absolute atomic E-state index is 0. The first-order valence-electron chi connectivity index (χ1n) is 3.84. The number of benzene rings is 1. The Bertz CT molecular complexity index is 314. The van der Waals surface area contributed by atoms with Gasteiger partial charge in [-0.15, -0.1) is 12.4 Å². The molecule has 0 aromatic heterocycles. The Balaban J connectivity index is 0.00000169. The third kappa shape index (κ3) is 4.74. The highest BCUT2D eigenvalue weighted by atomic mass is 35.5. The summed E-state index contributed by atoms with van der Waals surface area (Å²) < 4.78 is 10.6. The molecule has 0 saturated carbocycles. The number of halogens is 1. The van der Waals surface area contributed by atoms with Crippen LogP contribution in [0, 0.1) is 0 Å². The quantitative estimate of drug-likeness (QED) is 0.692. The van der Waals surface area contributed by atoms with Crippen molar-refractivity contribution in [1.82, 2.24) is 0 Å². The lowest BCUT2D eigenvalue weighted by atomic mass is 10.1. The fourth-order valence-electron chi connectivity index (χ4n) is 1.06. The van der Waals surface area contributed by atoms with Crippen molar-refractivity contribution in [2.75, 3.05) is 6.16 Å². The maximum absolute atomic E-state index is 10.6. The summed E-state index contributed by atoms with van der Waals surface area (Å²) >= 11 is 0. The van der Waals surface area contributed by atoms with Crippen LogP contribution in [-0.4, -0.2) is 15.9 Å². The Morgan fingerprint density at radius 2 is 1.79 bits per heavy atom. The van der Waals surface area contributed by atoms with E-state index in [2.05, 4.69) is 0 Å². The zero-order valence-electron chi connectivity index (χ0n) is 7.41. The van der Waals surface area contributed by atoms with Crippen LogP contribution in [0.1, 0.15) is 11.6 Å². The first-order valence-corrected chi connectivity index (χ1v) is 5.64. The lowest BCUT2D eigenvalue weighted by molar-refractivity contribution is 0.369. The second kappa shape index (κ2) is 5.49. The molecule has 4 nitrogen and oxygen atoms in total. The molecule has 0 amide bonds. The molecule has 80 valence electrons. The van der Waals surface area contributed by atoms with Crippen LogP contribution in [0.15, 0.2) is 30.3 Å². The van der Waals surface area contributed by atoms with Crippen LogP contribution in [0.5, 0.6) is 0 Å². The summed E-state index contributed by atoms with van der Waals surface area (Å²) in [6.45, 7) is 0. The van der Waals surface area contributed by atoms with Crippen LogP contribution in [0.4, 0.5) is 0 Å². The Morgan fingerprint density at radius 1 is 1.29 bits per heavy atom. The first kappa shape index (κ1) is 13.6. The average molecular weight is 238 g/mol. The zero-order valence-corrected chi connectivity index (χ0v) is 9.12. The SMILES string of the molecule is Cl.N[C@@H](CP(=O)(O)O)c1ccccc1. The van der Waals surface area contributed by atoms with Crippen LogP contribution >= 0.6 is 20.0 Å². The van der Waals surface area contributed by atoms with Crippen molar-refractivity contribution in [1.29, 1.82) is 0 Å². The minimum Gasteiger partial charge on any atom is -0.324 e. The molecule has 14 heavy (non-hydrogen) atoms. The fourth-order valence-corrected chi connectivity index (χ4v) is 1.79. The second-order valence-corrected chi connectivity index (χ2v) is 4.56. The van der Waals surface area contributed by atoms with Gasteiger partial charge in [0.15, 0.2) is 0 Å². The maximum atomic E-state index is 10.6. The van der Waals surface area contributed by atoms with Gasteiger partial charge in [-0.3, -0.25) is 4.57 Å². The molecule has 1 atom stereocenters. The highest BCUT2D eigenvalue weighted by Gasteiger charge is 2.19. The molecule has 0 radical (unpaired) electrons. The van der Waals surface area contributed by atoms with Gasteiger partial charge < -0.3 is 15.5 Å². The molecule has 6 heteroatoms. The van der Waals surface area contributed by atoms with Gasteiger partial charge in [0.1, 0.15) is 0 Å². The number of rotatable bonds is 3. The molecule has 0 unspecified atom stereocenters. The Hall–Kier alpha value is -0.380. The third-order valence-corrected chi connectivity index (χ3v) is 2.53. The molecular weight excluding hydrogens is 225 g/mol. The van der Waals surface area contributed by atoms with Gasteiger partial charge in [-0.1, -0.05) is 30.3 Å². The van der Waals surface area contributed by atoms with Crippen LogP contribution < -0.4 is 5.73 Å². The molecule has 0 saturated heterocycles. The normalized spacial score (nSPS) is 13.1. The summed E-state index contributed by atoms with van der Waals surface area (Å²) in [7, 11) is -4.01. The van der Waals surface area contributed by atoms with Crippen LogP contribution in [0.3, 0.4) is 0 Å². The summed E-state index contributed by atoms with van der Waals surface area (Å²) in [5, 5.41) is 0. The van der Waals surface area contributed by atoms with E-state index in [0.29, 0.717) is 0 Å². The van der Waals surface area contributed by atoms with E-state index >= 15 is 0 Å². The van der Waals surface area contributed by atoms with Crippen LogP contribution in [-0.2, 0) is 4.57 Å². The van der Waals surface area contributed by atoms with Gasteiger partial charge in [0.05, 0.1) is 6.16 Å². The van der Waals surface area contributed by atoms with Crippen molar-refractivity contribution in [2.24, 2.45) is 5.73 Å². The molecule has 0 fully saturated rings. The van der Waals surface area contributed by atoms with Gasteiger partial charge >= 0.3 is 7.60 Å². The van der Waals surface area contributed by atoms with E-state index in [1.165, 1.54) is 0 Å². The number of nitrogens with two attached hydrogens (primary N) is 1. The molecule has 0 aliphatic heterocycles.